The molecule has 6 nitrogen and oxygen atoms in total. The van der Waals surface area contributed by atoms with Crippen LogP contribution in [0.15, 0.2) is 24.5 Å². The zero-order valence-electron chi connectivity index (χ0n) is 17.0. The first-order valence-corrected chi connectivity index (χ1v) is 9.44. The summed E-state index contributed by atoms with van der Waals surface area (Å²) in [5.41, 5.74) is 4.31. The molecule has 0 bridgehead atoms. The van der Waals surface area contributed by atoms with Crippen LogP contribution in [0, 0.1) is 13.8 Å². The van der Waals surface area contributed by atoms with E-state index in [1.165, 1.54) is 0 Å². The molecule has 0 radical (unpaired) electrons. The van der Waals surface area contributed by atoms with Crippen LogP contribution >= 0.6 is 0 Å². The first-order valence-electron chi connectivity index (χ1n) is 9.44. The van der Waals surface area contributed by atoms with Crippen molar-refractivity contribution in [3.63, 3.8) is 0 Å². The van der Waals surface area contributed by atoms with E-state index in [4.69, 9.17) is 9.47 Å². The number of ether oxygens (including phenoxy) is 2. The number of aryl methyl sites for hydroxylation is 1. The third kappa shape index (κ3) is 4.96. The van der Waals surface area contributed by atoms with E-state index in [0.29, 0.717) is 0 Å². The molecule has 3 heterocycles. The zero-order valence-corrected chi connectivity index (χ0v) is 17.0. The maximum absolute atomic E-state index is 6.21. The summed E-state index contributed by atoms with van der Waals surface area (Å²) < 4.78 is 11.7. The Morgan fingerprint density at radius 3 is 2.81 bits per heavy atom. The van der Waals surface area contributed by atoms with Gasteiger partial charge in [0.15, 0.2) is 0 Å². The fourth-order valence-electron chi connectivity index (χ4n) is 3.61. The number of nitrogens with zero attached hydrogens (tertiary/aromatic N) is 4. The minimum Gasteiger partial charge on any atom is -0.496 e. The molecule has 0 amide bonds. The van der Waals surface area contributed by atoms with Crippen molar-refractivity contribution < 1.29 is 9.47 Å². The van der Waals surface area contributed by atoms with Crippen molar-refractivity contribution in [3.05, 3.63) is 47.0 Å². The maximum atomic E-state index is 6.21. The summed E-state index contributed by atoms with van der Waals surface area (Å²) in [4.78, 5) is 13.5. The minimum atomic E-state index is 0.201. The van der Waals surface area contributed by atoms with Crippen molar-refractivity contribution in [2.45, 2.75) is 39.5 Å². The van der Waals surface area contributed by atoms with Gasteiger partial charge in [0.1, 0.15) is 17.6 Å². The van der Waals surface area contributed by atoms with Gasteiger partial charge in [-0.2, -0.15) is 0 Å². The number of methoxy groups -OCH3 is 1. The van der Waals surface area contributed by atoms with E-state index in [0.717, 1.165) is 66.6 Å². The van der Waals surface area contributed by atoms with Crippen LogP contribution in [-0.2, 0) is 13.1 Å². The molecule has 146 valence electrons. The van der Waals surface area contributed by atoms with E-state index in [-0.39, 0.29) is 6.10 Å². The second-order valence-corrected chi connectivity index (χ2v) is 7.53. The van der Waals surface area contributed by atoms with Gasteiger partial charge in [0, 0.05) is 55.8 Å². The van der Waals surface area contributed by atoms with Crippen molar-refractivity contribution in [2.75, 3.05) is 34.3 Å². The summed E-state index contributed by atoms with van der Waals surface area (Å²) in [7, 11) is 5.80. The van der Waals surface area contributed by atoms with Crippen LogP contribution in [0.2, 0.25) is 0 Å². The number of rotatable bonds is 7. The highest BCUT2D eigenvalue weighted by Gasteiger charge is 2.25. The third-order valence-electron chi connectivity index (χ3n) is 4.92. The molecule has 3 rings (SSSR count). The Morgan fingerprint density at radius 1 is 1.26 bits per heavy atom. The Bertz CT molecular complexity index is 779. The molecule has 0 aliphatic carbocycles. The Labute approximate surface area is 162 Å². The molecule has 0 aromatic carbocycles. The lowest BCUT2D eigenvalue weighted by Gasteiger charge is -2.19. The summed E-state index contributed by atoms with van der Waals surface area (Å²) in [6.07, 6.45) is 4.95. The summed E-state index contributed by atoms with van der Waals surface area (Å²) >= 11 is 0. The number of hydrogen-bond donors (Lipinski definition) is 0. The van der Waals surface area contributed by atoms with Gasteiger partial charge in [-0.3, -0.25) is 14.9 Å². The van der Waals surface area contributed by atoms with Crippen LogP contribution in [0.3, 0.4) is 0 Å². The molecular weight excluding hydrogens is 340 g/mol. The monoisotopic (exact) mass is 370 g/mol. The number of likely N-dealkylation sites (tertiary alicyclic amines) is 1. The molecule has 27 heavy (non-hydrogen) atoms. The van der Waals surface area contributed by atoms with Crippen LogP contribution < -0.4 is 9.47 Å². The lowest BCUT2D eigenvalue weighted by molar-refractivity contribution is 0.197. The van der Waals surface area contributed by atoms with E-state index in [2.05, 4.69) is 26.7 Å². The second-order valence-electron chi connectivity index (χ2n) is 7.53. The Kier molecular flexibility index (Phi) is 6.29. The predicted molar refractivity (Wildman–Crippen MR) is 106 cm³/mol. The van der Waals surface area contributed by atoms with Crippen molar-refractivity contribution in [2.24, 2.45) is 0 Å². The highest BCUT2D eigenvalue weighted by atomic mass is 16.5. The third-order valence-corrected chi connectivity index (χ3v) is 4.92. The fourth-order valence-corrected chi connectivity index (χ4v) is 3.61. The molecule has 2 aromatic rings. The molecule has 1 aliphatic rings. The van der Waals surface area contributed by atoms with Gasteiger partial charge in [0.2, 0.25) is 0 Å². The quantitative estimate of drug-likeness (QED) is 0.747. The smallest absolute Gasteiger partial charge is 0.128 e. The Balaban J connectivity index is 1.60. The summed E-state index contributed by atoms with van der Waals surface area (Å²) in [5, 5.41) is 0. The molecule has 1 fully saturated rings. The minimum absolute atomic E-state index is 0.201. The van der Waals surface area contributed by atoms with Crippen LogP contribution in [-0.4, -0.2) is 60.2 Å². The molecule has 6 heteroatoms. The first kappa shape index (κ1) is 19.6. The standard InChI is InChI=1S/C21H30N4O2/c1-15-11-23-20(16(2)21(15)26-5)14-25-9-7-19(13-25)27-18-6-8-22-17(10-18)12-24(3)4/h6,8,10-11,19H,7,9,12-14H2,1-5H3. The van der Waals surface area contributed by atoms with E-state index >= 15 is 0 Å². The van der Waals surface area contributed by atoms with Crippen molar-refractivity contribution in [3.8, 4) is 11.5 Å². The van der Waals surface area contributed by atoms with Gasteiger partial charge < -0.3 is 14.4 Å². The van der Waals surface area contributed by atoms with Crippen LogP contribution in [0.1, 0.15) is 28.9 Å². The molecule has 1 aliphatic heterocycles. The van der Waals surface area contributed by atoms with E-state index < -0.39 is 0 Å². The van der Waals surface area contributed by atoms with Gasteiger partial charge in [-0.25, -0.2) is 0 Å². The van der Waals surface area contributed by atoms with Gasteiger partial charge in [0.25, 0.3) is 0 Å². The van der Waals surface area contributed by atoms with Gasteiger partial charge >= 0.3 is 0 Å². The molecule has 2 aromatic heterocycles. The molecule has 1 saturated heterocycles. The molecule has 0 spiro atoms. The molecule has 0 saturated carbocycles. The molecule has 1 unspecified atom stereocenters. The molecule has 1 atom stereocenters. The largest absolute Gasteiger partial charge is 0.496 e. The van der Waals surface area contributed by atoms with E-state index in [9.17, 15) is 0 Å². The van der Waals surface area contributed by atoms with Crippen LogP contribution in [0.4, 0.5) is 0 Å². The lowest BCUT2D eigenvalue weighted by Crippen LogP contribution is -2.25. The SMILES string of the molecule is COc1c(C)cnc(CN2CCC(Oc3ccnc(CN(C)C)c3)C2)c1C. The van der Waals surface area contributed by atoms with Crippen molar-refractivity contribution in [1.29, 1.82) is 0 Å². The first-order chi connectivity index (χ1) is 13.0. The van der Waals surface area contributed by atoms with Gasteiger partial charge in [-0.05, 0) is 40.4 Å². The highest BCUT2D eigenvalue weighted by Crippen LogP contribution is 2.26. The topological polar surface area (TPSA) is 50.7 Å². The maximum Gasteiger partial charge on any atom is 0.128 e. The summed E-state index contributed by atoms with van der Waals surface area (Å²) in [6.45, 7) is 7.67. The Hall–Kier alpha value is -2.18. The molecular formula is C21H30N4O2. The van der Waals surface area contributed by atoms with Gasteiger partial charge in [-0.15, -0.1) is 0 Å². The predicted octanol–water partition coefficient (Wildman–Crippen LogP) is 2.82. The average Bonchev–Trinajstić information content (AvgIpc) is 3.05. The van der Waals surface area contributed by atoms with Crippen molar-refractivity contribution >= 4 is 0 Å². The van der Waals surface area contributed by atoms with Gasteiger partial charge in [-0.1, -0.05) is 0 Å². The normalized spacial score (nSPS) is 17.5. The zero-order chi connectivity index (χ0) is 19.4. The Morgan fingerprint density at radius 2 is 2.07 bits per heavy atom. The second kappa shape index (κ2) is 8.67. The number of pyridine rings is 2. The van der Waals surface area contributed by atoms with Crippen molar-refractivity contribution in [1.82, 2.24) is 19.8 Å². The lowest BCUT2D eigenvalue weighted by atomic mass is 10.1. The van der Waals surface area contributed by atoms with Gasteiger partial charge in [0.05, 0.1) is 18.5 Å². The summed E-state index contributed by atoms with van der Waals surface area (Å²) in [5.74, 6) is 1.84. The van der Waals surface area contributed by atoms with Crippen LogP contribution in [0.25, 0.3) is 0 Å². The highest BCUT2D eigenvalue weighted by molar-refractivity contribution is 5.41. The summed E-state index contributed by atoms with van der Waals surface area (Å²) in [6, 6.07) is 3.98. The number of hydrogen-bond acceptors (Lipinski definition) is 6. The average molecular weight is 370 g/mol. The van der Waals surface area contributed by atoms with E-state index in [1.807, 2.05) is 45.5 Å². The molecule has 0 N–H and O–H groups in total. The fraction of sp³-hybridized carbons (Fsp3) is 0.524. The number of aromatic nitrogens is 2. The van der Waals surface area contributed by atoms with E-state index in [1.54, 1.807) is 7.11 Å². The van der Waals surface area contributed by atoms with Crippen LogP contribution in [0.5, 0.6) is 11.5 Å².